The summed E-state index contributed by atoms with van der Waals surface area (Å²) in [7, 11) is -12.1. The molecule has 3 rings (SSSR count). The number of H-pyrrole nitrogens is 1. The van der Waals surface area contributed by atoms with E-state index in [1.165, 1.54) is 0 Å². The van der Waals surface area contributed by atoms with E-state index in [0.717, 1.165) is 19.2 Å². The van der Waals surface area contributed by atoms with Crippen LogP contribution < -0.4 is 85.5 Å². The van der Waals surface area contributed by atoms with Gasteiger partial charge in [-0.1, -0.05) is 0 Å². The first kappa shape index (κ1) is 39.2. The number of aromatic amines is 1. The standard InChI is InChI=1S/C17H27N3O17P2.2Na/c1-5(22)18-8-10(25)9(24)6(4-21)34-13(8)15(36-39(32,33)37-38(29,30)31)14-11(26)12(27)16(35-14)20-3-2-7(23)19-17(20)28;;/h2-3,6,8-16,21,24-27H,4H2,1H3,(H,18,22)(H,32,33)(H,19,23,28)(H2,29,30,31);;/q;2*+1/p-2/t6-,8-,9-,10-,11+,12-,13+,14+,15?,16-;;/m1../s1. The maximum Gasteiger partial charge on any atom is 1.00 e. The van der Waals surface area contributed by atoms with Gasteiger partial charge in [0.2, 0.25) is 5.91 Å². The summed E-state index contributed by atoms with van der Waals surface area (Å²) in [5, 5.41) is 53.9. The predicted octanol–water partition coefficient (Wildman–Crippen LogP) is -12.5. The molecule has 2 saturated heterocycles. The van der Waals surface area contributed by atoms with Gasteiger partial charge in [0.25, 0.3) is 5.56 Å². The van der Waals surface area contributed by atoms with E-state index in [1.54, 1.807) is 0 Å². The smallest absolute Gasteiger partial charge is 0.789 e. The van der Waals surface area contributed by atoms with Crippen molar-refractivity contribution in [1.29, 1.82) is 0 Å². The summed E-state index contributed by atoms with van der Waals surface area (Å²) in [6.07, 6.45) is -17.1. The molecule has 0 aromatic carbocycles. The van der Waals surface area contributed by atoms with Gasteiger partial charge < -0.3 is 59.6 Å². The van der Waals surface area contributed by atoms with Crippen LogP contribution in [0, 0.1) is 0 Å². The average Bonchev–Trinajstić information content (AvgIpc) is 3.08. The van der Waals surface area contributed by atoms with Crippen molar-refractivity contribution in [2.45, 2.75) is 68.0 Å². The first-order chi connectivity index (χ1) is 18.0. The van der Waals surface area contributed by atoms with E-state index < -0.39 is 101 Å². The molecule has 0 saturated carbocycles. The Morgan fingerprint density at radius 1 is 1.10 bits per heavy atom. The summed E-state index contributed by atoms with van der Waals surface area (Å²) in [5.41, 5.74) is -1.97. The molecule has 2 aliphatic rings. The van der Waals surface area contributed by atoms with Gasteiger partial charge in [-0.05, 0) is 0 Å². The number of nitrogens with zero attached hydrogens (tertiary/aromatic N) is 1. The third-order valence-corrected chi connectivity index (χ3v) is 7.98. The second-order valence-electron chi connectivity index (χ2n) is 8.59. The number of amides is 1. The van der Waals surface area contributed by atoms with Crippen LogP contribution in [0.4, 0.5) is 0 Å². The molecular formula is C17H25N3Na2O17P2. The third kappa shape index (κ3) is 9.56. The molecule has 41 heavy (non-hydrogen) atoms. The summed E-state index contributed by atoms with van der Waals surface area (Å²) >= 11 is 0. The van der Waals surface area contributed by atoms with E-state index in [1.807, 2.05) is 4.98 Å². The molecule has 2 aliphatic heterocycles. The van der Waals surface area contributed by atoms with Gasteiger partial charge in [0.15, 0.2) is 6.23 Å². The van der Waals surface area contributed by atoms with Gasteiger partial charge in [-0.15, -0.1) is 0 Å². The van der Waals surface area contributed by atoms with Gasteiger partial charge >= 0.3 is 72.6 Å². The summed E-state index contributed by atoms with van der Waals surface area (Å²) < 4.78 is 43.3. The number of ether oxygens (including phenoxy) is 2. The van der Waals surface area contributed by atoms with E-state index in [2.05, 4.69) is 9.63 Å². The maximum atomic E-state index is 12.4. The fraction of sp³-hybridized carbons (Fsp3) is 0.706. The summed E-state index contributed by atoms with van der Waals surface area (Å²) in [6, 6.07) is -0.930. The number of aliphatic hydroxyl groups is 5. The van der Waals surface area contributed by atoms with E-state index >= 15 is 0 Å². The van der Waals surface area contributed by atoms with Crippen molar-refractivity contribution in [2.75, 3.05) is 6.61 Å². The molecule has 2 unspecified atom stereocenters. The fourth-order valence-electron chi connectivity index (χ4n) is 4.25. The second-order valence-corrected chi connectivity index (χ2v) is 11.3. The van der Waals surface area contributed by atoms with Gasteiger partial charge in [0.05, 0.1) is 20.5 Å². The molecular weight excluding hydrogens is 626 g/mol. The monoisotopic (exact) mass is 651 g/mol. The molecule has 1 aromatic heterocycles. The number of hydrogen-bond donors (Lipinski definition) is 8. The Balaban J connectivity index is 0.00000420. The first-order valence-corrected chi connectivity index (χ1v) is 13.9. The molecule has 8 N–H and O–H groups in total. The number of carbonyl (C=O) groups is 1. The number of carbonyl (C=O) groups excluding carboxylic acids is 1. The van der Waals surface area contributed by atoms with Crippen molar-refractivity contribution in [2.24, 2.45) is 0 Å². The number of rotatable bonds is 9. The Kier molecular flexibility index (Phi) is 14.7. The Hall–Kier alpha value is 0.130. The zero-order chi connectivity index (χ0) is 29.4. The first-order valence-electron chi connectivity index (χ1n) is 10.9. The van der Waals surface area contributed by atoms with E-state index in [0.29, 0.717) is 4.57 Å². The van der Waals surface area contributed by atoms with Crippen LogP contribution in [-0.4, -0.2) is 107 Å². The second kappa shape index (κ2) is 15.4. The zero-order valence-corrected chi connectivity index (χ0v) is 27.4. The van der Waals surface area contributed by atoms with Crippen LogP contribution in [0.1, 0.15) is 13.2 Å². The number of phosphoric ester groups is 1. The molecule has 222 valence electrons. The van der Waals surface area contributed by atoms with Crippen molar-refractivity contribution in [3.05, 3.63) is 33.1 Å². The molecule has 20 nitrogen and oxygen atoms in total. The number of aliphatic hydroxyl groups excluding tert-OH is 5. The molecule has 0 radical (unpaired) electrons. The normalized spacial score (nSPS) is 34.0. The van der Waals surface area contributed by atoms with Crippen molar-refractivity contribution in [3.8, 4) is 0 Å². The quantitative estimate of drug-likeness (QED) is 0.0907. The topological polar surface area (TPSA) is 323 Å². The van der Waals surface area contributed by atoms with Crippen LogP contribution in [0.5, 0.6) is 0 Å². The summed E-state index contributed by atoms with van der Waals surface area (Å²) in [5.74, 6) is -0.862. The van der Waals surface area contributed by atoms with Gasteiger partial charge in [0.1, 0.15) is 48.8 Å². The zero-order valence-electron chi connectivity index (χ0n) is 21.7. The van der Waals surface area contributed by atoms with Crippen molar-refractivity contribution in [3.63, 3.8) is 0 Å². The third-order valence-electron chi connectivity index (χ3n) is 5.84. The van der Waals surface area contributed by atoms with Crippen LogP contribution in [0.3, 0.4) is 0 Å². The van der Waals surface area contributed by atoms with Crippen molar-refractivity contribution < 1.29 is 132 Å². The summed E-state index contributed by atoms with van der Waals surface area (Å²) in [6.45, 7) is -0.0252. The predicted molar refractivity (Wildman–Crippen MR) is 116 cm³/mol. The largest absolute Gasteiger partial charge is 1.00 e. The minimum absolute atomic E-state index is 0. The van der Waals surface area contributed by atoms with Crippen LogP contribution in [0.25, 0.3) is 0 Å². The molecule has 2 fully saturated rings. The number of phosphoric acid groups is 2. The Morgan fingerprint density at radius 3 is 2.22 bits per heavy atom. The van der Waals surface area contributed by atoms with Crippen LogP contribution >= 0.6 is 15.6 Å². The molecule has 24 heteroatoms. The van der Waals surface area contributed by atoms with Gasteiger partial charge in [-0.2, -0.15) is 0 Å². The SMILES string of the molecule is CC(=O)N[C@@H]1[C@@H](O)[C@H](O)[C@@H](CO)O[C@@H]1C(OP(=O)(O)OP(=O)([O-])[O-])[C@H]1O[C@@H](n2ccc(=O)[nH]c2=O)[C@H](O)[C@@H]1O.[Na+].[Na+]. The molecule has 0 spiro atoms. The van der Waals surface area contributed by atoms with Crippen LogP contribution in [-0.2, 0) is 32.2 Å². The number of hydrogen-bond acceptors (Lipinski definition) is 16. The van der Waals surface area contributed by atoms with E-state index in [-0.39, 0.29) is 59.1 Å². The molecule has 11 atom stereocenters. The van der Waals surface area contributed by atoms with Gasteiger partial charge in [-0.3, -0.25) is 28.0 Å². The van der Waals surface area contributed by atoms with Gasteiger partial charge in [-0.25, -0.2) is 9.36 Å². The molecule has 0 aliphatic carbocycles. The van der Waals surface area contributed by atoms with Gasteiger partial charge in [0, 0.05) is 19.2 Å². The molecule has 1 amide bonds. The van der Waals surface area contributed by atoms with Crippen molar-refractivity contribution in [1.82, 2.24) is 14.9 Å². The molecule has 0 bridgehead atoms. The van der Waals surface area contributed by atoms with Crippen molar-refractivity contribution >= 4 is 21.6 Å². The summed E-state index contributed by atoms with van der Waals surface area (Å²) in [4.78, 5) is 69.2. The Morgan fingerprint density at radius 2 is 1.71 bits per heavy atom. The average molecular weight is 651 g/mol. The van der Waals surface area contributed by atoms with Crippen LogP contribution in [0.15, 0.2) is 21.9 Å². The fourth-order valence-corrected chi connectivity index (χ4v) is 5.96. The Labute approximate surface area is 274 Å². The molecule has 3 heterocycles. The van der Waals surface area contributed by atoms with E-state index in [9.17, 15) is 63.7 Å². The van der Waals surface area contributed by atoms with E-state index in [4.69, 9.17) is 14.0 Å². The minimum Gasteiger partial charge on any atom is -0.789 e. The van der Waals surface area contributed by atoms with Crippen LogP contribution in [0.2, 0.25) is 0 Å². The minimum atomic E-state index is -6.20. The number of nitrogens with one attached hydrogen (secondary N) is 2. The number of aromatic nitrogens is 2. The Bertz CT molecular complexity index is 1260. The molecule has 1 aromatic rings. The maximum absolute atomic E-state index is 12.4.